The summed E-state index contributed by atoms with van der Waals surface area (Å²) < 4.78 is 52.2. The van der Waals surface area contributed by atoms with Crippen molar-refractivity contribution < 1.29 is 81.3 Å². The third kappa shape index (κ3) is 20.4. The molecule has 4 amide bonds. The first kappa shape index (κ1) is 72.8. The fourth-order valence-corrected chi connectivity index (χ4v) is 10.9. The molecule has 91 heavy (non-hydrogen) atoms. The van der Waals surface area contributed by atoms with Gasteiger partial charge in [-0.05, 0) is 80.4 Å². The number of anilines is 1. The number of ether oxygens (including phenoxy) is 9. The maximum atomic E-state index is 14.4. The molecular formula is C68H88IN5O17. The molecule has 0 fully saturated rings. The number of allylic oxidation sites excluding steroid dienone is 4. The molecule has 7 rings (SSSR count). The van der Waals surface area contributed by atoms with Crippen LogP contribution in [0.2, 0.25) is 0 Å². The van der Waals surface area contributed by atoms with E-state index >= 15 is 0 Å². The lowest BCUT2D eigenvalue weighted by molar-refractivity contribution is -0.133. The standard InChI is InChI=1S/C67H84IN5O17.CH4/c1-8-12-47-30-49-39-69-55-36-61(59(82-6)34-53(55)64(78)71(49)40-47)88-21-11-22-89-62-37-56-54(35-60(62)83-7)65(79)72-41-48(13-9-2)31-57(72)66(80)73(56)67(81)90-42-46-17-15-45(16-18-46)32-58(76)44(5)70-63(77)52(43(3)4)33-50(74)19-23-85-25-27-87-29-28-86-26-24-84-20-10-14-51(75)38-68;/h8-9,12-13,15-18,34-37,39-41,43-44,49,52,57,66,80H,10-11,14,19-33,38,42H2,1-7H3,(H,70,77);1H4/b12-8+,13-9+;/t44-,49-,52-,57-,66-;/m0./s1. The highest BCUT2D eigenvalue weighted by atomic mass is 127. The van der Waals surface area contributed by atoms with Crippen LogP contribution < -0.4 is 29.2 Å². The Balaban J connectivity index is 0.0000132. The van der Waals surface area contributed by atoms with Crippen LogP contribution in [0.4, 0.5) is 16.2 Å². The first-order chi connectivity index (χ1) is 43.5. The Morgan fingerprint density at radius 1 is 0.692 bits per heavy atom. The van der Waals surface area contributed by atoms with Crippen molar-refractivity contribution in [3.8, 4) is 23.0 Å². The summed E-state index contributed by atoms with van der Waals surface area (Å²) in [4.78, 5) is 102. The van der Waals surface area contributed by atoms with E-state index in [0.29, 0.717) is 110 Å². The Morgan fingerprint density at radius 2 is 1.26 bits per heavy atom. The molecule has 494 valence electrons. The van der Waals surface area contributed by atoms with Gasteiger partial charge >= 0.3 is 6.09 Å². The van der Waals surface area contributed by atoms with Gasteiger partial charge in [-0.25, -0.2) is 9.69 Å². The molecule has 23 heteroatoms. The van der Waals surface area contributed by atoms with E-state index < -0.39 is 42.1 Å². The van der Waals surface area contributed by atoms with Gasteiger partial charge in [-0.3, -0.25) is 33.8 Å². The summed E-state index contributed by atoms with van der Waals surface area (Å²) in [6.45, 7) is 12.1. The van der Waals surface area contributed by atoms with E-state index in [9.17, 15) is 38.7 Å². The zero-order valence-corrected chi connectivity index (χ0v) is 54.6. The topological polar surface area (TPSA) is 257 Å². The minimum absolute atomic E-state index is 0. The van der Waals surface area contributed by atoms with Crippen molar-refractivity contribution in [1.82, 2.24) is 15.1 Å². The average Bonchev–Trinajstić information content (AvgIpc) is 1.65. The molecule has 0 saturated carbocycles. The number of rotatable bonds is 37. The lowest BCUT2D eigenvalue weighted by Crippen LogP contribution is -2.50. The number of methoxy groups -OCH3 is 2. The summed E-state index contributed by atoms with van der Waals surface area (Å²) in [7, 11) is 2.92. The zero-order valence-electron chi connectivity index (χ0n) is 52.4. The minimum atomic E-state index is -1.56. The third-order valence-electron chi connectivity index (χ3n) is 15.5. The molecule has 22 nitrogen and oxygen atoms in total. The van der Waals surface area contributed by atoms with Gasteiger partial charge in [0.05, 0.1) is 119 Å². The molecule has 0 aromatic heterocycles. The monoisotopic (exact) mass is 1370 g/mol. The molecule has 0 bridgehead atoms. The van der Waals surface area contributed by atoms with Crippen molar-refractivity contribution in [2.45, 2.75) is 124 Å². The van der Waals surface area contributed by atoms with Gasteiger partial charge in [-0.15, -0.1) is 0 Å². The number of benzene rings is 3. The molecule has 0 aliphatic carbocycles. The second-order valence-corrected chi connectivity index (χ2v) is 23.1. The fourth-order valence-electron chi connectivity index (χ4n) is 10.5. The Morgan fingerprint density at radius 3 is 1.88 bits per heavy atom. The van der Waals surface area contributed by atoms with E-state index in [-0.39, 0.29) is 118 Å². The van der Waals surface area contributed by atoms with Gasteiger partial charge in [0.1, 0.15) is 18.2 Å². The van der Waals surface area contributed by atoms with Gasteiger partial charge in [0.2, 0.25) is 5.91 Å². The average molecular weight is 1370 g/mol. The predicted octanol–water partition coefficient (Wildman–Crippen LogP) is 9.82. The molecule has 0 saturated heterocycles. The van der Waals surface area contributed by atoms with Crippen LogP contribution >= 0.6 is 22.6 Å². The molecule has 3 aromatic rings. The Labute approximate surface area is 547 Å². The van der Waals surface area contributed by atoms with Crippen molar-refractivity contribution >= 4 is 81.3 Å². The second kappa shape index (κ2) is 36.7. The van der Waals surface area contributed by atoms with Crippen LogP contribution in [0, 0.1) is 11.8 Å². The number of aliphatic hydroxyl groups excluding tert-OH is 1. The summed E-state index contributed by atoms with van der Waals surface area (Å²) >= 11 is 2.06. The number of carbonyl (C=O) groups excluding carboxylic acids is 7. The maximum Gasteiger partial charge on any atom is 0.416 e. The van der Waals surface area contributed by atoms with Gasteiger partial charge in [0, 0.05) is 75.4 Å². The third-order valence-corrected chi connectivity index (χ3v) is 16.3. The lowest BCUT2D eigenvalue weighted by Gasteiger charge is -2.31. The zero-order chi connectivity index (χ0) is 64.7. The molecule has 0 unspecified atom stereocenters. The number of amides is 4. The first-order valence-electron chi connectivity index (χ1n) is 30.5. The van der Waals surface area contributed by atoms with Gasteiger partial charge < -0.3 is 62.9 Å². The van der Waals surface area contributed by atoms with Crippen molar-refractivity contribution in [2.75, 3.05) is 89.6 Å². The SMILES string of the molecule is C.C/C=C/C1=CN2C(=O)c3cc(OC)c(OCCCOc4cc5c(cc4OC)C(=O)N4C=C(/C=C/C)C[C@H]4[C@H](O)N5C(=O)OCc4ccc(CC(=O)[C@H](C)NC(=O)[C@@H](CC(=O)CCOCCOCCOCCOCCCC(=O)CI)C(C)C)cc4)cc3N=C[C@@H]2C1. The molecule has 2 N–H and O–H groups in total. The summed E-state index contributed by atoms with van der Waals surface area (Å²) in [5.41, 5.74) is 3.96. The molecule has 3 aromatic carbocycles. The minimum Gasteiger partial charge on any atom is -0.493 e. The molecular weight excluding hydrogens is 1290 g/mol. The smallest absolute Gasteiger partial charge is 0.416 e. The van der Waals surface area contributed by atoms with Crippen molar-refractivity contribution in [3.05, 3.63) is 119 Å². The number of Topliss-reactive ketones (excluding diaryl/α,β-unsaturated/α-hetero) is 3. The normalized spacial score (nSPS) is 17.3. The number of aliphatic imine (C=N–C) groups is 1. The van der Waals surface area contributed by atoms with Gasteiger partial charge in [-0.2, -0.15) is 0 Å². The number of nitrogens with zero attached hydrogens (tertiary/aromatic N) is 4. The highest BCUT2D eigenvalue weighted by Crippen LogP contribution is 2.43. The molecule has 4 heterocycles. The largest absolute Gasteiger partial charge is 0.493 e. The van der Waals surface area contributed by atoms with Gasteiger partial charge in [0.25, 0.3) is 11.8 Å². The molecule has 5 atom stereocenters. The van der Waals surface area contributed by atoms with Gasteiger partial charge in [0.15, 0.2) is 35.0 Å². The van der Waals surface area contributed by atoms with E-state index in [4.69, 9.17) is 42.6 Å². The van der Waals surface area contributed by atoms with Crippen molar-refractivity contribution in [3.63, 3.8) is 0 Å². The number of carbonyl (C=O) groups is 7. The van der Waals surface area contributed by atoms with Crippen LogP contribution in [0.1, 0.15) is 119 Å². The summed E-state index contributed by atoms with van der Waals surface area (Å²) in [6.07, 6.45) is 12.9. The number of fused-ring (bicyclic) bond motifs is 4. The highest BCUT2D eigenvalue weighted by Gasteiger charge is 2.45. The summed E-state index contributed by atoms with van der Waals surface area (Å²) in [5, 5.41) is 14.9. The van der Waals surface area contributed by atoms with Crippen molar-refractivity contribution in [1.29, 1.82) is 0 Å². The van der Waals surface area contributed by atoms with E-state index in [1.807, 2.05) is 58.2 Å². The van der Waals surface area contributed by atoms with Crippen LogP contribution in [0.3, 0.4) is 0 Å². The quantitative estimate of drug-likeness (QED) is 0.0309. The first-order valence-corrected chi connectivity index (χ1v) is 32.0. The number of hydrogen-bond acceptors (Lipinski definition) is 18. The van der Waals surface area contributed by atoms with Gasteiger partial charge in [-0.1, -0.05) is 92.4 Å². The van der Waals surface area contributed by atoms with E-state index in [1.54, 1.807) is 60.6 Å². The van der Waals surface area contributed by atoms with E-state index in [2.05, 4.69) is 32.9 Å². The molecule has 0 spiro atoms. The Hall–Kier alpha value is -7.29. The van der Waals surface area contributed by atoms with Crippen LogP contribution in [-0.2, 0) is 55.9 Å². The lowest BCUT2D eigenvalue weighted by atomic mass is 9.88. The molecule has 0 radical (unpaired) electrons. The fraction of sp³-hybridized carbons (Fsp3) is 0.500. The van der Waals surface area contributed by atoms with Crippen LogP contribution in [0.5, 0.6) is 23.0 Å². The number of nitrogens with one attached hydrogen (secondary N) is 1. The summed E-state index contributed by atoms with van der Waals surface area (Å²) in [5.74, 6) is -0.923. The predicted molar refractivity (Wildman–Crippen MR) is 352 cm³/mol. The van der Waals surface area contributed by atoms with Crippen molar-refractivity contribution in [2.24, 2.45) is 16.8 Å². The highest BCUT2D eigenvalue weighted by molar-refractivity contribution is 14.1. The second-order valence-electron chi connectivity index (χ2n) is 22.3. The Bertz CT molecular complexity index is 3160. The van der Waals surface area contributed by atoms with Crippen LogP contribution in [-0.4, -0.2) is 171 Å². The molecule has 4 aliphatic rings. The number of hydrogen-bond donors (Lipinski definition) is 2. The molecule has 4 aliphatic heterocycles. The maximum absolute atomic E-state index is 14.4. The van der Waals surface area contributed by atoms with E-state index in [1.165, 1.54) is 31.3 Å². The number of alkyl halides is 1. The Kier molecular flexibility index (Phi) is 29.3. The number of ketones is 3. The number of halogens is 1. The number of aliphatic hydroxyl groups is 1. The van der Waals surface area contributed by atoms with Crippen LogP contribution in [0.25, 0.3) is 0 Å². The van der Waals surface area contributed by atoms with E-state index in [0.717, 1.165) is 16.0 Å². The summed E-state index contributed by atoms with van der Waals surface area (Å²) in [6, 6.07) is 11.2. The van der Waals surface area contributed by atoms with Crippen LogP contribution in [0.15, 0.2) is 101 Å².